The van der Waals surface area contributed by atoms with Gasteiger partial charge in [-0.15, -0.1) is 5.10 Å². The molecule has 0 spiro atoms. The van der Waals surface area contributed by atoms with Gasteiger partial charge in [-0.3, -0.25) is 4.79 Å². The second-order valence-electron chi connectivity index (χ2n) is 6.20. The van der Waals surface area contributed by atoms with Crippen molar-refractivity contribution < 1.29 is 24.2 Å². The van der Waals surface area contributed by atoms with Crippen LogP contribution in [0.4, 0.5) is 0 Å². The molecule has 1 saturated heterocycles. The average Bonchev–Trinajstić information content (AvgIpc) is 3.05. The molecule has 9 nitrogen and oxygen atoms in total. The van der Waals surface area contributed by atoms with Crippen molar-refractivity contribution in [3.63, 3.8) is 0 Å². The standard InChI is InChI=1S/C17H20N4O5/c1-25-13-4-11(5-14(6-13)26-2)3-12-7-20(8-12)16(22)10-21-9-15(17(23)24)18-19-21/h4-6,9,12H,3,7-8,10H2,1-2H3,(H,23,24). The molecule has 26 heavy (non-hydrogen) atoms. The molecule has 0 saturated carbocycles. The molecule has 1 amide bonds. The van der Waals surface area contributed by atoms with Crippen LogP contribution in [-0.4, -0.2) is 64.2 Å². The lowest BCUT2D eigenvalue weighted by Crippen LogP contribution is -2.51. The van der Waals surface area contributed by atoms with Crippen LogP contribution < -0.4 is 9.47 Å². The molecule has 2 heterocycles. The molecule has 0 aliphatic carbocycles. The summed E-state index contributed by atoms with van der Waals surface area (Å²) in [5.41, 5.74) is 0.923. The molecule has 1 aromatic heterocycles. The third-order valence-electron chi connectivity index (χ3n) is 4.30. The largest absolute Gasteiger partial charge is 0.497 e. The first kappa shape index (κ1) is 17.7. The minimum Gasteiger partial charge on any atom is -0.497 e. The van der Waals surface area contributed by atoms with E-state index in [1.165, 1.54) is 10.9 Å². The lowest BCUT2D eigenvalue weighted by molar-refractivity contribution is -0.138. The summed E-state index contributed by atoms with van der Waals surface area (Å²) in [5, 5.41) is 16.0. The van der Waals surface area contributed by atoms with Crippen LogP contribution in [0.15, 0.2) is 24.4 Å². The molecule has 1 aliphatic heterocycles. The van der Waals surface area contributed by atoms with E-state index in [0.29, 0.717) is 19.0 Å². The highest BCUT2D eigenvalue weighted by atomic mass is 16.5. The highest BCUT2D eigenvalue weighted by molar-refractivity contribution is 5.84. The van der Waals surface area contributed by atoms with Gasteiger partial charge in [-0.05, 0) is 30.0 Å². The number of aromatic carboxylic acids is 1. The van der Waals surface area contributed by atoms with E-state index < -0.39 is 5.97 Å². The quantitative estimate of drug-likeness (QED) is 0.774. The number of aromatic nitrogens is 3. The van der Waals surface area contributed by atoms with Crippen molar-refractivity contribution in [3.8, 4) is 11.5 Å². The molecule has 9 heteroatoms. The van der Waals surface area contributed by atoms with E-state index >= 15 is 0 Å². The topological polar surface area (TPSA) is 107 Å². The van der Waals surface area contributed by atoms with E-state index in [-0.39, 0.29) is 18.1 Å². The van der Waals surface area contributed by atoms with Gasteiger partial charge in [0.25, 0.3) is 0 Å². The Morgan fingerprint density at radius 3 is 2.38 bits per heavy atom. The molecule has 0 unspecified atom stereocenters. The Morgan fingerprint density at radius 2 is 1.85 bits per heavy atom. The zero-order chi connectivity index (χ0) is 18.7. The van der Waals surface area contributed by atoms with Gasteiger partial charge >= 0.3 is 5.97 Å². The molecule has 0 atom stereocenters. The first-order valence-corrected chi connectivity index (χ1v) is 8.11. The van der Waals surface area contributed by atoms with E-state index in [1.54, 1.807) is 19.1 Å². The number of carbonyl (C=O) groups excluding carboxylic acids is 1. The summed E-state index contributed by atoms with van der Waals surface area (Å²) in [6, 6.07) is 5.76. The summed E-state index contributed by atoms with van der Waals surface area (Å²) in [4.78, 5) is 24.7. The monoisotopic (exact) mass is 360 g/mol. The number of rotatable bonds is 7. The molecular formula is C17H20N4O5. The smallest absolute Gasteiger partial charge is 0.358 e. The second-order valence-corrected chi connectivity index (χ2v) is 6.20. The van der Waals surface area contributed by atoms with Gasteiger partial charge in [-0.1, -0.05) is 5.21 Å². The predicted molar refractivity (Wildman–Crippen MR) is 90.3 cm³/mol. The minimum atomic E-state index is -1.17. The second kappa shape index (κ2) is 7.42. The van der Waals surface area contributed by atoms with Crippen molar-refractivity contribution in [3.05, 3.63) is 35.7 Å². The van der Waals surface area contributed by atoms with Crippen LogP contribution in [0.3, 0.4) is 0 Å². The zero-order valence-corrected chi connectivity index (χ0v) is 14.6. The van der Waals surface area contributed by atoms with Crippen molar-refractivity contribution in [2.24, 2.45) is 5.92 Å². The first-order chi connectivity index (χ1) is 12.5. The lowest BCUT2D eigenvalue weighted by Gasteiger charge is -2.39. The van der Waals surface area contributed by atoms with Crippen molar-refractivity contribution in [2.45, 2.75) is 13.0 Å². The summed E-state index contributed by atoms with van der Waals surface area (Å²) < 4.78 is 11.8. The van der Waals surface area contributed by atoms with Crippen molar-refractivity contribution in [1.29, 1.82) is 0 Å². The molecule has 1 fully saturated rings. The number of amides is 1. The number of nitrogens with zero attached hydrogens (tertiary/aromatic N) is 4. The minimum absolute atomic E-state index is 0.0139. The number of likely N-dealkylation sites (tertiary alicyclic amines) is 1. The van der Waals surface area contributed by atoms with Crippen LogP contribution in [0, 0.1) is 5.92 Å². The molecule has 138 valence electrons. The van der Waals surface area contributed by atoms with E-state index in [4.69, 9.17) is 14.6 Å². The average molecular weight is 360 g/mol. The van der Waals surface area contributed by atoms with Gasteiger partial charge in [0, 0.05) is 19.2 Å². The normalized spacial score (nSPS) is 14.0. The van der Waals surface area contributed by atoms with Gasteiger partial charge in [-0.2, -0.15) is 0 Å². The Labute approximate surface area is 150 Å². The summed E-state index contributed by atoms with van der Waals surface area (Å²) in [6.45, 7) is 1.29. The van der Waals surface area contributed by atoms with Crippen LogP contribution in [-0.2, 0) is 17.8 Å². The maximum Gasteiger partial charge on any atom is 0.358 e. The van der Waals surface area contributed by atoms with Crippen molar-refractivity contribution in [1.82, 2.24) is 19.9 Å². The Hall–Kier alpha value is -3.10. The number of benzene rings is 1. The van der Waals surface area contributed by atoms with E-state index in [1.807, 2.05) is 18.2 Å². The maximum atomic E-state index is 12.2. The number of carbonyl (C=O) groups is 2. The Kier molecular flexibility index (Phi) is 5.06. The fraction of sp³-hybridized carbons (Fsp3) is 0.412. The number of methoxy groups -OCH3 is 2. The number of ether oxygens (including phenoxy) is 2. The zero-order valence-electron chi connectivity index (χ0n) is 14.6. The highest BCUT2D eigenvalue weighted by Crippen LogP contribution is 2.27. The van der Waals surface area contributed by atoms with Crippen LogP contribution in [0.5, 0.6) is 11.5 Å². The molecule has 1 N–H and O–H groups in total. The van der Waals surface area contributed by atoms with Crippen molar-refractivity contribution in [2.75, 3.05) is 27.3 Å². The van der Waals surface area contributed by atoms with E-state index in [0.717, 1.165) is 23.5 Å². The van der Waals surface area contributed by atoms with Crippen LogP contribution in [0.2, 0.25) is 0 Å². The number of carboxylic acids is 1. The molecule has 3 rings (SSSR count). The van der Waals surface area contributed by atoms with Gasteiger partial charge < -0.3 is 19.5 Å². The van der Waals surface area contributed by atoms with Crippen LogP contribution in [0.25, 0.3) is 0 Å². The lowest BCUT2D eigenvalue weighted by atomic mass is 9.92. The third kappa shape index (κ3) is 3.93. The number of hydrogen-bond donors (Lipinski definition) is 1. The fourth-order valence-electron chi connectivity index (χ4n) is 2.93. The summed E-state index contributed by atoms with van der Waals surface area (Å²) in [6.07, 6.45) is 2.07. The van der Waals surface area contributed by atoms with Crippen molar-refractivity contribution >= 4 is 11.9 Å². The maximum absolute atomic E-state index is 12.2. The van der Waals surface area contributed by atoms with Gasteiger partial charge in [0.05, 0.1) is 20.4 Å². The third-order valence-corrected chi connectivity index (χ3v) is 4.30. The van der Waals surface area contributed by atoms with Crippen LogP contribution >= 0.6 is 0 Å². The Morgan fingerprint density at radius 1 is 1.19 bits per heavy atom. The molecule has 1 aliphatic rings. The first-order valence-electron chi connectivity index (χ1n) is 8.11. The number of carboxylic acid groups (broad SMARTS) is 1. The Balaban J connectivity index is 1.52. The number of hydrogen-bond acceptors (Lipinski definition) is 6. The van der Waals surface area contributed by atoms with E-state index in [9.17, 15) is 9.59 Å². The van der Waals surface area contributed by atoms with Gasteiger partial charge in [-0.25, -0.2) is 9.48 Å². The van der Waals surface area contributed by atoms with Gasteiger partial charge in [0.1, 0.15) is 18.0 Å². The van der Waals surface area contributed by atoms with Gasteiger partial charge in [0.2, 0.25) is 5.91 Å². The summed E-state index contributed by atoms with van der Waals surface area (Å²) in [7, 11) is 3.23. The summed E-state index contributed by atoms with van der Waals surface area (Å²) >= 11 is 0. The van der Waals surface area contributed by atoms with Crippen LogP contribution in [0.1, 0.15) is 16.1 Å². The molecule has 1 aromatic carbocycles. The highest BCUT2D eigenvalue weighted by Gasteiger charge is 2.31. The Bertz CT molecular complexity index is 791. The molecular weight excluding hydrogens is 340 g/mol. The molecule has 0 radical (unpaired) electrons. The van der Waals surface area contributed by atoms with Gasteiger partial charge in [0.15, 0.2) is 5.69 Å². The van der Waals surface area contributed by atoms with E-state index in [2.05, 4.69) is 10.3 Å². The fourth-order valence-corrected chi connectivity index (χ4v) is 2.93. The summed E-state index contributed by atoms with van der Waals surface area (Å²) in [5.74, 6) is 0.577. The molecule has 0 bridgehead atoms. The predicted octanol–water partition coefficient (Wildman–Crippen LogP) is 0.695. The molecule has 2 aromatic rings. The SMILES string of the molecule is COc1cc(CC2CN(C(=O)Cn3cc(C(=O)O)nn3)C2)cc(OC)c1.